The molecule has 0 amide bonds. The monoisotopic (exact) mass is 269 g/mol. The van der Waals surface area contributed by atoms with Gasteiger partial charge in [0.1, 0.15) is 5.69 Å². The normalized spacial score (nSPS) is 10.5. The highest BCUT2D eigenvalue weighted by molar-refractivity contribution is 6.36. The molecule has 0 fully saturated rings. The Morgan fingerprint density at radius 3 is 2.71 bits per heavy atom. The minimum Gasteiger partial charge on any atom is -0.382 e. The Morgan fingerprint density at radius 2 is 2.06 bits per heavy atom. The van der Waals surface area contributed by atoms with Crippen molar-refractivity contribution in [2.75, 3.05) is 5.73 Å². The second kappa shape index (κ2) is 4.35. The fraction of sp³-hybridized carbons (Fsp3) is 0.100. The maximum Gasteiger partial charge on any atom is 0.240 e. The number of hydrogen-bond donors (Lipinski definition) is 2. The number of benzene rings is 1. The molecule has 7 heteroatoms. The van der Waals surface area contributed by atoms with Gasteiger partial charge in [0.15, 0.2) is 5.82 Å². The van der Waals surface area contributed by atoms with E-state index in [4.69, 9.17) is 34.3 Å². The van der Waals surface area contributed by atoms with Crippen LogP contribution in [0.15, 0.2) is 18.2 Å². The standard InChI is InChI=1S/C10H9Cl2N5/c1-17-10(14)15-9(13)8(16-17)6-3-2-5(11)4-7(6)12/h2-4H,1H3,(H3,13,14,15). The lowest BCUT2D eigenvalue weighted by molar-refractivity contribution is 0.652. The van der Waals surface area contributed by atoms with Crippen LogP contribution in [0.5, 0.6) is 0 Å². The van der Waals surface area contributed by atoms with Gasteiger partial charge in [-0.05, 0) is 18.2 Å². The molecule has 1 aromatic heterocycles. The summed E-state index contributed by atoms with van der Waals surface area (Å²) in [5, 5.41) is 12.6. The van der Waals surface area contributed by atoms with E-state index in [1.807, 2.05) is 0 Å². The summed E-state index contributed by atoms with van der Waals surface area (Å²) < 4.78 is 1.32. The SMILES string of the molecule is Cn1nc(-c2ccc(Cl)cc2Cl)c(N)nc1=N. The predicted molar refractivity (Wildman–Crippen MR) is 66.7 cm³/mol. The van der Waals surface area contributed by atoms with Crippen molar-refractivity contribution in [1.82, 2.24) is 14.8 Å². The van der Waals surface area contributed by atoms with Crippen molar-refractivity contribution in [2.45, 2.75) is 0 Å². The topological polar surface area (TPSA) is 80.6 Å². The quantitative estimate of drug-likeness (QED) is 0.829. The van der Waals surface area contributed by atoms with E-state index in [-0.39, 0.29) is 11.4 Å². The summed E-state index contributed by atoms with van der Waals surface area (Å²) in [6, 6.07) is 5.02. The number of nitrogen functional groups attached to an aromatic ring is 1. The lowest BCUT2D eigenvalue weighted by Gasteiger charge is -2.08. The number of nitrogens with one attached hydrogen (secondary N) is 1. The third-order valence-electron chi connectivity index (χ3n) is 2.21. The van der Waals surface area contributed by atoms with E-state index in [1.54, 1.807) is 25.2 Å². The molecular formula is C10H9Cl2N5. The van der Waals surface area contributed by atoms with Gasteiger partial charge in [0, 0.05) is 17.6 Å². The summed E-state index contributed by atoms with van der Waals surface area (Å²) in [5.74, 6) is 0.164. The minimum atomic E-state index is -0.0173. The first-order valence-electron chi connectivity index (χ1n) is 4.70. The number of halogens is 2. The van der Waals surface area contributed by atoms with Crippen molar-refractivity contribution in [3.63, 3.8) is 0 Å². The van der Waals surface area contributed by atoms with Crippen LogP contribution in [-0.4, -0.2) is 14.8 Å². The number of aromatic nitrogens is 3. The van der Waals surface area contributed by atoms with Crippen molar-refractivity contribution in [2.24, 2.45) is 7.05 Å². The van der Waals surface area contributed by atoms with Gasteiger partial charge in [0.2, 0.25) is 5.62 Å². The summed E-state index contributed by atoms with van der Waals surface area (Å²) in [7, 11) is 1.61. The number of rotatable bonds is 1. The molecule has 0 aliphatic rings. The van der Waals surface area contributed by atoms with Crippen LogP contribution >= 0.6 is 23.2 Å². The summed E-state index contributed by atoms with van der Waals surface area (Å²) in [6.45, 7) is 0. The molecule has 0 aliphatic carbocycles. The zero-order valence-corrected chi connectivity index (χ0v) is 10.4. The van der Waals surface area contributed by atoms with E-state index in [2.05, 4.69) is 10.1 Å². The lowest BCUT2D eigenvalue weighted by Crippen LogP contribution is -2.24. The smallest absolute Gasteiger partial charge is 0.240 e. The van der Waals surface area contributed by atoms with E-state index < -0.39 is 0 Å². The Hall–Kier alpha value is -1.59. The van der Waals surface area contributed by atoms with Crippen LogP contribution in [0.2, 0.25) is 10.0 Å². The highest BCUT2D eigenvalue weighted by atomic mass is 35.5. The average molecular weight is 270 g/mol. The lowest BCUT2D eigenvalue weighted by atomic mass is 10.1. The minimum absolute atomic E-state index is 0.0173. The van der Waals surface area contributed by atoms with E-state index in [1.165, 1.54) is 4.68 Å². The molecule has 1 heterocycles. The van der Waals surface area contributed by atoms with Crippen molar-refractivity contribution in [3.05, 3.63) is 33.9 Å². The van der Waals surface area contributed by atoms with E-state index in [0.29, 0.717) is 21.3 Å². The van der Waals surface area contributed by atoms with Crippen molar-refractivity contribution in [1.29, 1.82) is 5.41 Å². The van der Waals surface area contributed by atoms with Gasteiger partial charge in [0.25, 0.3) is 0 Å². The summed E-state index contributed by atoms with van der Waals surface area (Å²) in [5.41, 5.74) is 6.78. The van der Waals surface area contributed by atoms with Gasteiger partial charge in [-0.25, -0.2) is 4.68 Å². The molecule has 0 saturated heterocycles. The molecule has 88 valence electrons. The number of hydrogen-bond acceptors (Lipinski definition) is 4. The van der Waals surface area contributed by atoms with Gasteiger partial charge in [-0.1, -0.05) is 23.2 Å². The van der Waals surface area contributed by atoms with Crippen LogP contribution in [0.1, 0.15) is 0 Å². The first-order valence-corrected chi connectivity index (χ1v) is 5.45. The van der Waals surface area contributed by atoms with Crippen molar-refractivity contribution >= 4 is 29.0 Å². The van der Waals surface area contributed by atoms with Crippen LogP contribution in [0.3, 0.4) is 0 Å². The summed E-state index contributed by atoms with van der Waals surface area (Å²) >= 11 is 11.9. The Labute approximate surface area is 107 Å². The van der Waals surface area contributed by atoms with Crippen LogP contribution < -0.4 is 11.4 Å². The van der Waals surface area contributed by atoms with Crippen LogP contribution in [-0.2, 0) is 7.05 Å². The number of nitrogens with zero attached hydrogens (tertiary/aromatic N) is 3. The Kier molecular flexibility index (Phi) is 3.04. The van der Waals surface area contributed by atoms with Crippen molar-refractivity contribution in [3.8, 4) is 11.3 Å². The van der Waals surface area contributed by atoms with Gasteiger partial charge in [-0.15, -0.1) is 0 Å². The Morgan fingerprint density at radius 1 is 1.35 bits per heavy atom. The number of aryl methyl sites for hydroxylation is 1. The average Bonchev–Trinajstić information content (AvgIpc) is 2.24. The second-order valence-electron chi connectivity index (χ2n) is 3.42. The van der Waals surface area contributed by atoms with Gasteiger partial charge >= 0.3 is 0 Å². The molecule has 0 radical (unpaired) electrons. The third-order valence-corrected chi connectivity index (χ3v) is 2.76. The van der Waals surface area contributed by atoms with Gasteiger partial charge in [0.05, 0.1) is 5.02 Å². The fourth-order valence-corrected chi connectivity index (χ4v) is 1.86. The Bertz CT molecular complexity index is 635. The van der Waals surface area contributed by atoms with Crippen LogP contribution in [0.4, 0.5) is 5.82 Å². The molecule has 0 bridgehead atoms. The molecule has 1 aromatic carbocycles. The highest BCUT2D eigenvalue weighted by Gasteiger charge is 2.11. The highest BCUT2D eigenvalue weighted by Crippen LogP contribution is 2.30. The molecule has 0 aliphatic heterocycles. The molecule has 0 atom stereocenters. The first kappa shape index (κ1) is 11.9. The van der Waals surface area contributed by atoms with E-state index in [9.17, 15) is 0 Å². The molecule has 2 aromatic rings. The third kappa shape index (κ3) is 2.25. The molecule has 0 spiro atoms. The number of nitrogens with two attached hydrogens (primary N) is 1. The van der Waals surface area contributed by atoms with E-state index in [0.717, 1.165) is 0 Å². The van der Waals surface area contributed by atoms with Crippen molar-refractivity contribution < 1.29 is 0 Å². The molecular weight excluding hydrogens is 261 g/mol. The molecule has 3 N–H and O–H groups in total. The summed E-state index contributed by atoms with van der Waals surface area (Å²) in [4.78, 5) is 3.87. The Balaban J connectivity index is 2.68. The van der Waals surface area contributed by atoms with Gasteiger partial charge < -0.3 is 5.73 Å². The maximum atomic E-state index is 7.46. The van der Waals surface area contributed by atoms with Crippen LogP contribution in [0.25, 0.3) is 11.3 Å². The molecule has 17 heavy (non-hydrogen) atoms. The largest absolute Gasteiger partial charge is 0.382 e. The molecule has 0 saturated carbocycles. The zero-order chi connectivity index (χ0) is 12.6. The number of anilines is 1. The second-order valence-corrected chi connectivity index (χ2v) is 4.26. The molecule has 5 nitrogen and oxygen atoms in total. The zero-order valence-electron chi connectivity index (χ0n) is 8.91. The predicted octanol–water partition coefficient (Wildman–Crippen LogP) is 1.85. The van der Waals surface area contributed by atoms with E-state index >= 15 is 0 Å². The summed E-state index contributed by atoms with van der Waals surface area (Å²) in [6.07, 6.45) is 0. The van der Waals surface area contributed by atoms with Crippen LogP contribution in [0, 0.1) is 5.41 Å². The fourth-order valence-electron chi connectivity index (χ4n) is 1.36. The molecule has 2 rings (SSSR count). The van der Waals surface area contributed by atoms with Gasteiger partial charge in [-0.2, -0.15) is 10.1 Å². The molecule has 0 unspecified atom stereocenters. The maximum absolute atomic E-state index is 7.46. The first-order chi connectivity index (χ1) is 7.99. The van der Waals surface area contributed by atoms with Gasteiger partial charge in [-0.3, -0.25) is 5.41 Å².